The van der Waals surface area contributed by atoms with Gasteiger partial charge in [-0.2, -0.15) is 0 Å². The van der Waals surface area contributed by atoms with Crippen LogP contribution in [0.15, 0.2) is 18.5 Å². The smallest absolute Gasteiger partial charge is 0.253 e. The molecular formula is C10H12Cl2N2O. The number of pyridine rings is 1. The molecule has 3 nitrogen and oxygen atoms in total. The molecule has 0 spiro atoms. The maximum atomic E-state index is 11.6. The van der Waals surface area contributed by atoms with Crippen molar-refractivity contribution in [3.63, 3.8) is 0 Å². The number of halogens is 2. The lowest BCUT2D eigenvalue weighted by Crippen LogP contribution is -2.37. The number of rotatable bonds is 3. The van der Waals surface area contributed by atoms with Crippen LogP contribution in [0.3, 0.4) is 0 Å². The Hall–Kier alpha value is -0.800. The highest BCUT2D eigenvalue weighted by molar-refractivity contribution is 6.30. The van der Waals surface area contributed by atoms with Crippen LogP contribution < -0.4 is 5.32 Å². The first-order valence-corrected chi connectivity index (χ1v) is 5.37. The first-order chi connectivity index (χ1) is 7.00. The summed E-state index contributed by atoms with van der Waals surface area (Å²) in [4.78, 5) is 15.5. The second kappa shape index (κ2) is 5.33. The van der Waals surface area contributed by atoms with Gasteiger partial charge in [-0.05, 0) is 19.9 Å². The minimum atomic E-state index is -0.218. The molecule has 1 aromatic heterocycles. The number of nitrogens with zero attached hydrogens (tertiary/aromatic N) is 1. The summed E-state index contributed by atoms with van der Waals surface area (Å²) in [5, 5.41) is 3.07. The van der Waals surface area contributed by atoms with Gasteiger partial charge in [-0.25, -0.2) is 0 Å². The van der Waals surface area contributed by atoms with Gasteiger partial charge in [0.1, 0.15) is 0 Å². The molecule has 0 saturated heterocycles. The predicted molar refractivity (Wildman–Crippen MR) is 61.5 cm³/mol. The second-order valence-electron chi connectivity index (χ2n) is 3.33. The average Bonchev–Trinajstić information content (AvgIpc) is 2.17. The Balaban J connectivity index is 2.69. The third-order valence-corrected chi connectivity index (χ3v) is 2.60. The number of alkyl halides is 1. The molecule has 15 heavy (non-hydrogen) atoms. The van der Waals surface area contributed by atoms with Crippen molar-refractivity contribution in [3.8, 4) is 0 Å². The van der Waals surface area contributed by atoms with Crippen molar-refractivity contribution in [1.82, 2.24) is 10.3 Å². The Morgan fingerprint density at radius 3 is 2.67 bits per heavy atom. The number of hydrogen-bond donors (Lipinski definition) is 1. The van der Waals surface area contributed by atoms with E-state index in [1.54, 1.807) is 6.07 Å². The lowest BCUT2D eigenvalue weighted by molar-refractivity contribution is 0.0939. The highest BCUT2D eigenvalue weighted by atomic mass is 35.5. The zero-order valence-corrected chi connectivity index (χ0v) is 10.0. The molecule has 0 aliphatic rings. The molecule has 1 N–H and O–H groups in total. The van der Waals surface area contributed by atoms with E-state index >= 15 is 0 Å². The van der Waals surface area contributed by atoms with Crippen LogP contribution in [0.25, 0.3) is 0 Å². The Kier molecular flexibility index (Phi) is 4.36. The van der Waals surface area contributed by atoms with Gasteiger partial charge in [-0.1, -0.05) is 11.6 Å². The van der Waals surface area contributed by atoms with Crippen LogP contribution in [0, 0.1) is 0 Å². The van der Waals surface area contributed by atoms with Crippen LogP contribution in [0.1, 0.15) is 24.2 Å². The predicted octanol–water partition coefficient (Wildman–Crippen LogP) is 2.48. The molecule has 0 saturated carbocycles. The Bertz CT molecular complexity index is 355. The van der Waals surface area contributed by atoms with Crippen LogP contribution in [-0.4, -0.2) is 22.3 Å². The third kappa shape index (κ3) is 3.68. The molecule has 1 rings (SSSR count). The number of nitrogens with one attached hydrogen (secondary N) is 1. The molecule has 2 unspecified atom stereocenters. The molecule has 1 aromatic rings. The van der Waals surface area contributed by atoms with Gasteiger partial charge < -0.3 is 5.32 Å². The van der Waals surface area contributed by atoms with E-state index in [2.05, 4.69) is 10.3 Å². The van der Waals surface area contributed by atoms with Crippen molar-refractivity contribution < 1.29 is 4.79 Å². The summed E-state index contributed by atoms with van der Waals surface area (Å²) in [6.07, 6.45) is 2.94. The monoisotopic (exact) mass is 246 g/mol. The fourth-order valence-corrected chi connectivity index (χ4v) is 1.18. The summed E-state index contributed by atoms with van der Waals surface area (Å²) in [5.41, 5.74) is 0.437. The number of aromatic nitrogens is 1. The topological polar surface area (TPSA) is 42.0 Å². The fourth-order valence-electron chi connectivity index (χ4n) is 0.941. The van der Waals surface area contributed by atoms with Gasteiger partial charge in [0.25, 0.3) is 5.91 Å². The van der Waals surface area contributed by atoms with Crippen molar-refractivity contribution >= 4 is 29.1 Å². The molecule has 2 atom stereocenters. The van der Waals surface area contributed by atoms with Gasteiger partial charge in [-0.3, -0.25) is 9.78 Å². The van der Waals surface area contributed by atoms with Crippen LogP contribution in [0.2, 0.25) is 5.02 Å². The molecule has 0 radical (unpaired) electrons. The van der Waals surface area contributed by atoms with E-state index in [0.717, 1.165) is 0 Å². The fraction of sp³-hybridized carbons (Fsp3) is 0.400. The number of carbonyl (C=O) groups is 1. The Labute approximate surface area is 98.8 Å². The quantitative estimate of drug-likeness (QED) is 0.833. The van der Waals surface area contributed by atoms with Crippen molar-refractivity contribution in [3.05, 3.63) is 29.0 Å². The maximum absolute atomic E-state index is 11.6. The lowest BCUT2D eigenvalue weighted by Gasteiger charge is -2.15. The van der Waals surface area contributed by atoms with Crippen LogP contribution in [0.4, 0.5) is 0 Å². The van der Waals surface area contributed by atoms with Gasteiger partial charge >= 0.3 is 0 Å². The SMILES string of the molecule is CC(Cl)C(C)NC(=O)c1cncc(Cl)c1. The van der Waals surface area contributed by atoms with E-state index in [1.165, 1.54) is 12.4 Å². The first-order valence-electron chi connectivity index (χ1n) is 4.56. The summed E-state index contributed by atoms with van der Waals surface area (Å²) >= 11 is 11.6. The van der Waals surface area contributed by atoms with Gasteiger partial charge in [0.2, 0.25) is 0 Å². The van der Waals surface area contributed by atoms with Gasteiger partial charge in [0.15, 0.2) is 0 Å². The van der Waals surface area contributed by atoms with Gasteiger partial charge in [0, 0.05) is 18.4 Å². The molecule has 0 bridgehead atoms. The minimum absolute atomic E-state index is 0.0989. The van der Waals surface area contributed by atoms with E-state index in [-0.39, 0.29) is 17.3 Å². The van der Waals surface area contributed by atoms with Gasteiger partial charge in [0.05, 0.1) is 16.0 Å². The van der Waals surface area contributed by atoms with E-state index < -0.39 is 0 Å². The third-order valence-electron chi connectivity index (χ3n) is 2.01. The molecule has 1 amide bonds. The number of carbonyl (C=O) groups excluding carboxylic acids is 1. The van der Waals surface area contributed by atoms with Crippen molar-refractivity contribution in [1.29, 1.82) is 0 Å². The van der Waals surface area contributed by atoms with Crippen molar-refractivity contribution in [2.75, 3.05) is 0 Å². The summed E-state index contributed by atoms with van der Waals surface area (Å²) in [6.45, 7) is 3.66. The maximum Gasteiger partial charge on any atom is 0.253 e. The molecule has 0 fully saturated rings. The molecular weight excluding hydrogens is 235 g/mol. The standard InChI is InChI=1S/C10H12Cl2N2O/c1-6(11)7(2)14-10(15)8-3-9(12)5-13-4-8/h3-7H,1-2H3,(H,14,15). The lowest BCUT2D eigenvalue weighted by atomic mass is 10.2. The zero-order chi connectivity index (χ0) is 11.4. The second-order valence-corrected chi connectivity index (χ2v) is 4.46. The average molecular weight is 247 g/mol. The van der Waals surface area contributed by atoms with E-state index in [0.29, 0.717) is 10.6 Å². The van der Waals surface area contributed by atoms with E-state index in [4.69, 9.17) is 23.2 Å². The number of hydrogen-bond acceptors (Lipinski definition) is 2. The van der Waals surface area contributed by atoms with Crippen LogP contribution in [0.5, 0.6) is 0 Å². The first kappa shape index (κ1) is 12.3. The van der Waals surface area contributed by atoms with E-state index in [9.17, 15) is 4.79 Å². The summed E-state index contributed by atoms with van der Waals surface area (Å²) in [6, 6.07) is 1.47. The normalized spacial score (nSPS) is 14.4. The van der Waals surface area contributed by atoms with E-state index in [1.807, 2.05) is 13.8 Å². The molecule has 5 heteroatoms. The molecule has 0 aliphatic carbocycles. The van der Waals surface area contributed by atoms with Crippen molar-refractivity contribution in [2.45, 2.75) is 25.3 Å². The van der Waals surface area contributed by atoms with Gasteiger partial charge in [-0.15, -0.1) is 11.6 Å². The number of amides is 1. The zero-order valence-electron chi connectivity index (χ0n) is 8.50. The highest BCUT2D eigenvalue weighted by Gasteiger charge is 2.13. The van der Waals surface area contributed by atoms with Crippen molar-refractivity contribution in [2.24, 2.45) is 0 Å². The largest absolute Gasteiger partial charge is 0.348 e. The molecule has 0 aliphatic heterocycles. The van der Waals surface area contributed by atoms with Crippen LogP contribution in [-0.2, 0) is 0 Å². The Morgan fingerprint density at radius 1 is 1.47 bits per heavy atom. The molecule has 1 heterocycles. The Morgan fingerprint density at radius 2 is 2.13 bits per heavy atom. The molecule has 0 aromatic carbocycles. The van der Waals surface area contributed by atoms with Crippen LogP contribution >= 0.6 is 23.2 Å². The molecule has 82 valence electrons. The highest BCUT2D eigenvalue weighted by Crippen LogP contribution is 2.09. The summed E-state index contributed by atoms with van der Waals surface area (Å²) in [5.74, 6) is -0.218. The summed E-state index contributed by atoms with van der Waals surface area (Å²) < 4.78 is 0. The summed E-state index contributed by atoms with van der Waals surface area (Å²) in [7, 11) is 0. The minimum Gasteiger partial charge on any atom is -0.348 e.